The molecule has 0 unspecified atom stereocenters. The van der Waals surface area contributed by atoms with Crippen LogP contribution in [-0.2, 0) is 20.8 Å². The lowest BCUT2D eigenvalue weighted by atomic mass is 9.44. The van der Waals surface area contributed by atoms with Gasteiger partial charge in [-0.05, 0) is 80.1 Å². The van der Waals surface area contributed by atoms with Crippen molar-refractivity contribution in [2.24, 2.45) is 22.7 Å². The highest BCUT2D eigenvalue weighted by molar-refractivity contribution is 6.30. The van der Waals surface area contributed by atoms with E-state index in [2.05, 4.69) is 32.2 Å². The van der Waals surface area contributed by atoms with Crippen molar-refractivity contribution in [3.8, 4) is 0 Å². The quantitative estimate of drug-likeness (QED) is 0.609. The Morgan fingerprint density at radius 3 is 2.73 bits per heavy atom. The number of halogens is 1. The predicted octanol–water partition coefficient (Wildman–Crippen LogP) is 4.65. The number of nitrogens with one attached hydrogen (secondary N) is 1. The normalized spacial score (nSPS) is 42.5. The minimum Gasteiger partial charge on any atom is -0.458 e. The third-order valence-electron chi connectivity index (χ3n) is 9.46. The molecule has 0 bridgehead atoms. The number of hydrogen-bond acceptors (Lipinski definition) is 5. The number of aliphatic hydroxyl groups excluding tert-OH is 1. The smallest absolute Gasteiger partial charge is 0.336 e. The van der Waals surface area contributed by atoms with Gasteiger partial charge >= 0.3 is 5.97 Å². The van der Waals surface area contributed by atoms with E-state index in [0.29, 0.717) is 24.0 Å². The highest BCUT2D eigenvalue weighted by Gasteiger charge is 2.65. The summed E-state index contributed by atoms with van der Waals surface area (Å²) in [5.74, 6) is 0.506. The van der Waals surface area contributed by atoms with Gasteiger partial charge in [0.05, 0.1) is 23.4 Å². The Morgan fingerprint density at radius 1 is 1.18 bits per heavy atom. The number of carbonyl (C=O) groups excluding carboxylic acids is 1. The molecule has 180 valence electrons. The molecule has 0 amide bonds. The van der Waals surface area contributed by atoms with E-state index in [1.807, 2.05) is 24.3 Å². The lowest BCUT2D eigenvalue weighted by Crippen LogP contribution is -2.62. The van der Waals surface area contributed by atoms with E-state index in [1.54, 1.807) is 0 Å². The van der Waals surface area contributed by atoms with Gasteiger partial charge in [0, 0.05) is 23.5 Å². The van der Waals surface area contributed by atoms with Crippen LogP contribution < -0.4 is 5.32 Å². The van der Waals surface area contributed by atoms with Gasteiger partial charge in [0.15, 0.2) is 0 Å². The van der Waals surface area contributed by atoms with Gasteiger partial charge < -0.3 is 19.9 Å². The number of cyclic esters (lactones) is 1. The predicted molar refractivity (Wildman–Crippen MR) is 128 cm³/mol. The molecule has 2 aliphatic heterocycles. The molecule has 1 aromatic rings. The second kappa shape index (κ2) is 8.37. The van der Waals surface area contributed by atoms with Crippen molar-refractivity contribution in [1.29, 1.82) is 0 Å². The van der Waals surface area contributed by atoms with Crippen molar-refractivity contribution < 1.29 is 19.4 Å². The fraction of sp³-hybridized carbons (Fsp3) is 0.667. The van der Waals surface area contributed by atoms with E-state index < -0.39 is 0 Å². The molecule has 5 rings (SSSR count). The van der Waals surface area contributed by atoms with Crippen LogP contribution in [0.15, 0.2) is 35.9 Å². The summed E-state index contributed by atoms with van der Waals surface area (Å²) in [6.07, 6.45) is 5.99. The highest BCUT2D eigenvalue weighted by atomic mass is 35.5. The maximum absolute atomic E-state index is 12.2. The molecule has 3 fully saturated rings. The molecule has 1 saturated heterocycles. The average Bonchev–Trinajstić information content (AvgIpc) is 3.35. The van der Waals surface area contributed by atoms with E-state index in [9.17, 15) is 9.90 Å². The maximum atomic E-state index is 12.2. The topological polar surface area (TPSA) is 67.8 Å². The first-order valence-electron chi connectivity index (χ1n) is 12.3. The molecule has 1 aromatic carbocycles. The van der Waals surface area contributed by atoms with E-state index in [-0.39, 0.29) is 34.6 Å². The van der Waals surface area contributed by atoms with Crippen molar-refractivity contribution >= 4 is 17.6 Å². The first-order valence-corrected chi connectivity index (χ1v) is 12.7. The van der Waals surface area contributed by atoms with Gasteiger partial charge in [-0.3, -0.25) is 0 Å². The summed E-state index contributed by atoms with van der Waals surface area (Å²) in [6, 6.07) is 7.93. The van der Waals surface area contributed by atoms with Crippen molar-refractivity contribution in [3.63, 3.8) is 0 Å². The summed E-state index contributed by atoms with van der Waals surface area (Å²) in [7, 11) is 0. The third kappa shape index (κ3) is 3.85. The van der Waals surface area contributed by atoms with Crippen molar-refractivity contribution in [1.82, 2.24) is 5.32 Å². The minimum atomic E-state index is -0.336. The van der Waals surface area contributed by atoms with Crippen molar-refractivity contribution in [2.75, 3.05) is 13.2 Å². The second-order valence-corrected chi connectivity index (χ2v) is 11.8. The lowest BCUT2D eigenvalue weighted by Gasteiger charge is -2.62. The Labute approximate surface area is 201 Å². The van der Waals surface area contributed by atoms with Crippen LogP contribution in [0.2, 0.25) is 5.02 Å². The summed E-state index contributed by atoms with van der Waals surface area (Å²) in [5, 5.41) is 15.6. The lowest BCUT2D eigenvalue weighted by molar-refractivity contribution is -0.186. The van der Waals surface area contributed by atoms with Crippen LogP contribution in [-0.4, -0.2) is 42.0 Å². The van der Waals surface area contributed by atoms with E-state index >= 15 is 0 Å². The van der Waals surface area contributed by atoms with Gasteiger partial charge in [-0.25, -0.2) is 4.79 Å². The van der Waals surface area contributed by atoms with Crippen LogP contribution in [0.1, 0.15) is 58.4 Å². The maximum Gasteiger partial charge on any atom is 0.336 e. The summed E-state index contributed by atoms with van der Waals surface area (Å²) in [5.41, 5.74) is 1.44. The molecule has 7 atom stereocenters. The molecule has 5 nitrogen and oxygen atoms in total. The van der Waals surface area contributed by atoms with Gasteiger partial charge in [0.25, 0.3) is 0 Å². The number of hydrogen-bond donors (Lipinski definition) is 2. The standard InChI is InChI=1S/C27H36ClNO4/c1-25-10-8-23(30)26(2,16-29-15-17-5-4-6-18(28)13-17)21(25)7-11-27(3)22(25)14-20(33-27)19-9-12-32-24(19)31/h4-6,9,13,20-23,29-30H,7-8,10-12,14-16H2,1-3H3/t20-,21-,22-,23+,25+,26-,27+/m0/s1. The van der Waals surface area contributed by atoms with Crippen LogP contribution in [0.4, 0.5) is 0 Å². The zero-order valence-electron chi connectivity index (χ0n) is 19.9. The highest BCUT2D eigenvalue weighted by Crippen LogP contribution is 2.66. The van der Waals surface area contributed by atoms with Gasteiger partial charge in [0.1, 0.15) is 6.61 Å². The van der Waals surface area contributed by atoms with Crippen LogP contribution in [0.25, 0.3) is 0 Å². The molecule has 2 saturated carbocycles. The molecule has 0 spiro atoms. The zero-order chi connectivity index (χ0) is 23.4. The molecule has 2 N–H and O–H groups in total. The van der Waals surface area contributed by atoms with Crippen molar-refractivity contribution in [3.05, 3.63) is 46.5 Å². The van der Waals surface area contributed by atoms with Crippen LogP contribution in [0.5, 0.6) is 0 Å². The van der Waals surface area contributed by atoms with Gasteiger partial charge in [-0.2, -0.15) is 0 Å². The summed E-state index contributed by atoms with van der Waals surface area (Å²) < 4.78 is 11.8. The Balaban J connectivity index is 1.35. The third-order valence-corrected chi connectivity index (χ3v) is 9.69. The largest absolute Gasteiger partial charge is 0.458 e. The van der Waals surface area contributed by atoms with Gasteiger partial charge in [0.2, 0.25) is 0 Å². The first-order chi connectivity index (χ1) is 15.7. The monoisotopic (exact) mass is 473 g/mol. The number of esters is 1. The number of aliphatic hydroxyl groups is 1. The number of rotatable bonds is 5. The van der Waals surface area contributed by atoms with Gasteiger partial charge in [-0.15, -0.1) is 0 Å². The molecule has 6 heteroatoms. The van der Waals surface area contributed by atoms with Crippen molar-refractivity contribution in [2.45, 2.75) is 77.2 Å². The summed E-state index contributed by atoms with van der Waals surface area (Å²) in [4.78, 5) is 12.2. The summed E-state index contributed by atoms with van der Waals surface area (Å²) in [6.45, 7) is 8.75. The number of benzene rings is 1. The molecule has 0 aromatic heterocycles. The van der Waals surface area contributed by atoms with E-state index in [4.69, 9.17) is 21.1 Å². The Kier molecular flexibility index (Phi) is 5.92. The number of carbonyl (C=O) groups is 1. The Hall–Kier alpha value is -1.40. The molecule has 33 heavy (non-hydrogen) atoms. The number of fused-ring (bicyclic) bond motifs is 3. The first kappa shape index (κ1) is 23.3. The Bertz CT molecular complexity index is 965. The van der Waals surface area contributed by atoms with E-state index in [0.717, 1.165) is 55.8 Å². The fourth-order valence-corrected chi connectivity index (χ4v) is 7.97. The number of ether oxygens (including phenoxy) is 2. The molecular weight excluding hydrogens is 438 g/mol. The molecule has 0 radical (unpaired) electrons. The SMILES string of the molecule is C[C@]1(CNCc2cccc(Cl)c2)[C@H]2CC[C@@]3(C)O[C@H](C4=CCOC4=O)C[C@H]3[C@]2(C)CC[C@H]1O. The minimum absolute atomic E-state index is 0.0521. The molecule has 2 aliphatic carbocycles. The van der Waals surface area contributed by atoms with Crippen LogP contribution in [0.3, 0.4) is 0 Å². The average molecular weight is 474 g/mol. The summed E-state index contributed by atoms with van der Waals surface area (Å²) >= 11 is 6.15. The molecule has 2 heterocycles. The van der Waals surface area contributed by atoms with Gasteiger partial charge in [-0.1, -0.05) is 37.6 Å². The Morgan fingerprint density at radius 2 is 2.00 bits per heavy atom. The van der Waals surface area contributed by atoms with Crippen LogP contribution in [0, 0.1) is 22.7 Å². The fourth-order valence-electron chi connectivity index (χ4n) is 7.75. The molecule has 4 aliphatic rings. The zero-order valence-corrected chi connectivity index (χ0v) is 20.7. The van der Waals surface area contributed by atoms with E-state index in [1.165, 1.54) is 0 Å². The second-order valence-electron chi connectivity index (χ2n) is 11.4. The van der Waals surface area contributed by atoms with Crippen LogP contribution >= 0.6 is 11.6 Å². The molecular formula is C27H36ClNO4.